The Labute approximate surface area is 114 Å². The number of carbonyl (C=O) groups is 1. The smallest absolute Gasteiger partial charge is 0.244 e. The van der Waals surface area contributed by atoms with Crippen LogP contribution >= 0.6 is 12.4 Å². The van der Waals surface area contributed by atoms with Crippen LogP contribution in [0.4, 0.5) is 5.69 Å². The van der Waals surface area contributed by atoms with Crippen molar-refractivity contribution in [1.82, 2.24) is 10.3 Å². The maximum absolute atomic E-state index is 12.2. The molecule has 1 aliphatic rings. The van der Waals surface area contributed by atoms with Gasteiger partial charge in [0.15, 0.2) is 0 Å². The van der Waals surface area contributed by atoms with E-state index in [4.69, 9.17) is 0 Å². The number of hydrogen-bond donors (Lipinski definition) is 2. The standard InChI is InChI=1S/C13H19N3O.ClH/c1-10-5-6-11(9-14-10)16-12(17)13(2)7-3-4-8-15-13;/h5-6,9,15H,3-4,7-8H2,1-2H3,(H,16,17);1H. The van der Waals surface area contributed by atoms with Gasteiger partial charge in [-0.15, -0.1) is 12.4 Å². The molecule has 18 heavy (non-hydrogen) atoms. The third-order valence-corrected chi connectivity index (χ3v) is 3.29. The van der Waals surface area contributed by atoms with E-state index in [0.717, 1.165) is 37.2 Å². The van der Waals surface area contributed by atoms with Crippen LogP contribution in [0.3, 0.4) is 0 Å². The van der Waals surface area contributed by atoms with Crippen LogP contribution in [0.1, 0.15) is 31.9 Å². The van der Waals surface area contributed by atoms with Gasteiger partial charge in [0.1, 0.15) is 0 Å². The number of amides is 1. The molecule has 0 radical (unpaired) electrons. The number of halogens is 1. The SMILES string of the molecule is Cc1ccc(NC(=O)C2(C)CCCCN2)cn1.Cl. The average molecular weight is 270 g/mol. The Morgan fingerprint density at radius 1 is 1.44 bits per heavy atom. The third-order valence-electron chi connectivity index (χ3n) is 3.29. The highest BCUT2D eigenvalue weighted by Crippen LogP contribution is 2.20. The average Bonchev–Trinajstić information content (AvgIpc) is 2.33. The van der Waals surface area contributed by atoms with E-state index < -0.39 is 5.54 Å². The first-order chi connectivity index (χ1) is 8.10. The summed E-state index contributed by atoms with van der Waals surface area (Å²) in [6.45, 7) is 4.80. The number of piperidine rings is 1. The van der Waals surface area contributed by atoms with Gasteiger partial charge in [-0.3, -0.25) is 9.78 Å². The molecule has 1 aromatic rings. The molecular formula is C13H20ClN3O. The summed E-state index contributed by atoms with van der Waals surface area (Å²) in [5, 5.41) is 6.21. The number of pyridine rings is 1. The summed E-state index contributed by atoms with van der Waals surface area (Å²) >= 11 is 0. The minimum Gasteiger partial charge on any atom is -0.323 e. The van der Waals surface area contributed by atoms with Gasteiger partial charge < -0.3 is 10.6 Å². The lowest BCUT2D eigenvalue weighted by Gasteiger charge is -2.33. The lowest BCUT2D eigenvalue weighted by Crippen LogP contribution is -2.54. The molecule has 1 amide bonds. The lowest BCUT2D eigenvalue weighted by molar-refractivity contribution is -0.122. The minimum atomic E-state index is -0.441. The second kappa shape index (κ2) is 6.16. The zero-order chi connectivity index (χ0) is 12.3. The zero-order valence-electron chi connectivity index (χ0n) is 10.8. The molecule has 100 valence electrons. The van der Waals surface area contributed by atoms with E-state index in [1.54, 1.807) is 6.20 Å². The molecule has 1 unspecified atom stereocenters. The fraction of sp³-hybridized carbons (Fsp3) is 0.538. The van der Waals surface area contributed by atoms with Gasteiger partial charge in [-0.2, -0.15) is 0 Å². The van der Waals surface area contributed by atoms with Crippen molar-refractivity contribution in [3.8, 4) is 0 Å². The van der Waals surface area contributed by atoms with Crippen molar-refractivity contribution in [2.75, 3.05) is 11.9 Å². The predicted molar refractivity (Wildman–Crippen MR) is 75.1 cm³/mol. The van der Waals surface area contributed by atoms with Crippen LogP contribution in [-0.4, -0.2) is 23.0 Å². The summed E-state index contributed by atoms with van der Waals surface area (Å²) in [4.78, 5) is 16.3. The molecule has 0 aliphatic carbocycles. The van der Waals surface area contributed by atoms with Crippen molar-refractivity contribution in [1.29, 1.82) is 0 Å². The van der Waals surface area contributed by atoms with Gasteiger partial charge in [-0.1, -0.05) is 0 Å². The Morgan fingerprint density at radius 2 is 2.22 bits per heavy atom. The second-order valence-corrected chi connectivity index (χ2v) is 4.86. The molecule has 2 heterocycles. The molecule has 4 nitrogen and oxygen atoms in total. The molecule has 1 atom stereocenters. The number of rotatable bonds is 2. The van der Waals surface area contributed by atoms with Crippen LogP contribution in [0.2, 0.25) is 0 Å². The highest BCUT2D eigenvalue weighted by molar-refractivity contribution is 5.97. The number of carbonyl (C=O) groups excluding carboxylic acids is 1. The van der Waals surface area contributed by atoms with Crippen LogP contribution in [0.15, 0.2) is 18.3 Å². The first-order valence-electron chi connectivity index (χ1n) is 6.09. The molecule has 1 aliphatic heterocycles. The van der Waals surface area contributed by atoms with E-state index in [0.29, 0.717) is 0 Å². The van der Waals surface area contributed by atoms with E-state index in [1.807, 2.05) is 26.0 Å². The van der Waals surface area contributed by atoms with Crippen LogP contribution in [0.25, 0.3) is 0 Å². The molecule has 1 fully saturated rings. The van der Waals surface area contributed by atoms with E-state index in [-0.39, 0.29) is 18.3 Å². The van der Waals surface area contributed by atoms with Crippen LogP contribution < -0.4 is 10.6 Å². The Hall–Kier alpha value is -1.13. The molecule has 1 aromatic heterocycles. The van der Waals surface area contributed by atoms with E-state index in [1.165, 1.54) is 0 Å². The fourth-order valence-electron chi connectivity index (χ4n) is 2.06. The summed E-state index contributed by atoms with van der Waals surface area (Å²) < 4.78 is 0. The number of hydrogen-bond acceptors (Lipinski definition) is 3. The number of nitrogens with one attached hydrogen (secondary N) is 2. The van der Waals surface area contributed by atoms with Crippen molar-refractivity contribution < 1.29 is 4.79 Å². The summed E-state index contributed by atoms with van der Waals surface area (Å²) in [6, 6.07) is 3.78. The molecular weight excluding hydrogens is 250 g/mol. The molecule has 0 spiro atoms. The van der Waals surface area contributed by atoms with Gasteiger partial charge in [0, 0.05) is 5.69 Å². The van der Waals surface area contributed by atoms with E-state index >= 15 is 0 Å². The number of nitrogens with zero attached hydrogens (tertiary/aromatic N) is 1. The highest BCUT2D eigenvalue weighted by atomic mass is 35.5. The first-order valence-corrected chi connectivity index (χ1v) is 6.09. The van der Waals surface area contributed by atoms with E-state index in [9.17, 15) is 4.79 Å². The van der Waals surface area contributed by atoms with Crippen molar-refractivity contribution >= 4 is 24.0 Å². The summed E-state index contributed by atoms with van der Waals surface area (Å²) in [7, 11) is 0. The minimum absolute atomic E-state index is 0. The van der Waals surface area contributed by atoms with Crippen molar-refractivity contribution in [2.24, 2.45) is 0 Å². The van der Waals surface area contributed by atoms with Gasteiger partial charge in [-0.05, 0) is 51.8 Å². The summed E-state index contributed by atoms with van der Waals surface area (Å²) in [5.74, 6) is 0.0304. The molecule has 1 saturated heterocycles. The molecule has 5 heteroatoms. The molecule has 0 aromatic carbocycles. The van der Waals surface area contributed by atoms with Crippen LogP contribution in [-0.2, 0) is 4.79 Å². The largest absolute Gasteiger partial charge is 0.323 e. The van der Waals surface area contributed by atoms with Gasteiger partial charge in [0.05, 0.1) is 17.4 Å². The van der Waals surface area contributed by atoms with Crippen molar-refractivity contribution in [3.63, 3.8) is 0 Å². The van der Waals surface area contributed by atoms with Gasteiger partial charge in [0.25, 0.3) is 0 Å². The number of aromatic nitrogens is 1. The quantitative estimate of drug-likeness (QED) is 0.866. The Balaban J connectivity index is 0.00000162. The van der Waals surface area contributed by atoms with Crippen LogP contribution in [0.5, 0.6) is 0 Å². The molecule has 0 saturated carbocycles. The molecule has 0 bridgehead atoms. The van der Waals surface area contributed by atoms with Gasteiger partial charge in [0.2, 0.25) is 5.91 Å². The lowest BCUT2D eigenvalue weighted by atomic mass is 9.90. The monoisotopic (exact) mass is 269 g/mol. The first kappa shape index (κ1) is 14.9. The second-order valence-electron chi connectivity index (χ2n) is 4.86. The predicted octanol–water partition coefficient (Wildman–Crippen LogP) is 2.28. The maximum Gasteiger partial charge on any atom is 0.244 e. The van der Waals surface area contributed by atoms with Crippen molar-refractivity contribution in [3.05, 3.63) is 24.0 Å². The fourth-order valence-corrected chi connectivity index (χ4v) is 2.06. The Bertz CT molecular complexity index is 399. The number of anilines is 1. The summed E-state index contributed by atoms with van der Waals surface area (Å²) in [6.07, 6.45) is 4.83. The Kier molecular flexibility index (Phi) is 5.11. The zero-order valence-corrected chi connectivity index (χ0v) is 11.6. The maximum atomic E-state index is 12.2. The van der Waals surface area contributed by atoms with Crippen molar-refractivity contribution in [2.45, 2.75) is 38.6 Å². The number of aryl methyl sites for hydroxylation is 1. The highest BCUT2D eigenvalue weighted by Gasteiger charge is 2.34. The molecule has 2 rings (SSSR count). The Morgan fingerprint density at radius 3 is 2.78 bits per heavy atom. The topological polar surface area (TPSA) is 54.0 Å². The van der Waals surface area contributed by atoms with Gasteiger partial charge in [-0.25, -0.2) is 0 Å². The summed E-state index contributed by atoms with van der Waals surface area (Å²) in [5.41, 5.74) is 1.27. The molecule has 2 N–H and O–H groups in total. The van der Waals surface area contributed by atoms with Gasteiger partial charge >= 0.3 is 0 Å². The third kappa shape index (κ3) is 3.43. The van der Waals surface area contributed by atoms with E-state index in [2.05, 4.69) is 15.6 Å². The van der Waals surface area contributed by atoms with Crippen LogP contribution in [0, 0.1) is 6.92 Å². The normalized spacial score (nSPS) is 23.0.